The summed E-state index contributed by atoms with van der Waals surface area (Å²) in [6.45, 7) is 6.06. The number of nitrogens with zero attached hydrogens (tertiary/aromatic N) is 2. The molecule has 1 aromatic rings. The highest BCUT2D eigenvalue weighted by Crippen LogP contribution is 2.49. The van der Waals surface area contributed by atoms with Crippen LogP contribution in [0.4, 0.5) is 5.69 Å². The lowest BCUT2D eigenvalue weighted by molar-refractivity contribution is 0.357. The third-order valence-corrected chi connectivity index (χ3v) is 7.77. The number of nitrogens with one attached hydrogen (secondary N) is 2. The average molecular weight is 490 g/mol. The van der Waals surface area contributed by atoms with Crippen LogP contribution in [0.15, 0.2) is 28.7 Å². The number of rotatable bonds is 10. The minimum Gasteiger partial charge on any atom is -0.332 e. The topological polar surface area (TPSA) is 47.6 Å². The highest BCUT2D eigenvalue weighted by molar-refractivity contribution is 9.10. The fraction of sp³-hybridized carbons (Fsp3) is 0.533. The summed E-state index contributed by atoms with van der Waals surface area (Å²) >= 11 is 20.6. The zero-order chi connectivity index (χ0) is 18.9. The Bertz CT molecular complexity index is 583. The molecule has 0 heterocycles. The largest absolute Gasteiger partial charge is 0.332 e. The van der Waals surface area contributed by atoms with Gasteiger partial charge in [0, 0.05) is 48.1 Å². The second kappa shape index (κ2) is 11.8. The predicted molar refractivity (Wildman–Crippen MR) is 117 cm³/mol. The Kier molecular flexibility index (Phi) is 10.9. The molecule has 25 heavy (non-hydrogen) atoms. The lowest BCUT2D eigenvalue weighted by Gasteiger charge is -2.38. The van der Waals surface area contributed by atoms with Gasteiger partial charge in [0.15, 0.2) is 5.11 Å². The minimum absolute atomic E-state index is 0.298. The van der Waals surface area contributed by atoms with E-state index in [2.05, 4.69) is 26.3 Å². The summed E-state index contributed by atoms with van der Waals surface area (Å²) < 4.78 is 18.4. The first-order chi connectivity index (χ1) is 11.9. The maximum Gasteiger partial charge on any atom is 0.310 e. The van der Waals surface area contributed by atoms with E-state index in [-0.39, 0.29) is 0 Å². The molecule has 0 spiro atoms. The number of benzene rings is 1. The zero-order valence-electron chi connectivity index (χ0n) is 14.3. The van der Waals surface area contributed by atoms with Gasteiger partial charge in [-0.25, -0.2) is 9.34 Å². The smallest absolute Gasteiger partial charge is 0.310 e. The van der Waals surface area contributed by atoms with E-state index in [1.54, 1.807) is 4.67 Å². The Balaban J connectivity index is 3.00. The zero-order valence-corrected chi connectivity index (χ0v) is 19.2. The van der Waals surface area contributed by atoms with E-state index in [0.717, 1.165) is 10.2 Å². The third-order valence-electron chi connectivity index (χ3n) is 3.53. The molecule has 2 N–H and O–H groups in total. The van der Waals surface area contributed by atoms with Crippen molar-refractivity contribution in [3.05, 3.63) is 28.7 Å². The van der Waals surface area contributed by atoms with Crippen LogP contribution in [0.1, 0.15) is 13.8 Å². The lowest BCUT2D eigenvalue weighted by Crippen LogP contribution is -2.43. The van der Waals surface area contributed by atoms with E-state index in [4.69, 9.17) is 35.4 Å². The van der Waals surface area contributed by atoms with Crippen LogP contribution >= 0.6 is 58.9 Å². The van der Waals surface area contributed by atoms with Gasteiger partial charge in [-0.05, 0) is 36.5 Å². The first-order valence-corrected chi connectivity index (χ1v) is 11.9. The van der Waals surface area contributed by atoms with E-state index < -0.39 is 7.59 Å². The molecule has 1 rings (SSSR count). The van der Waals surface area contributed by atoms with Crippen molar-refractivity contribution < 1.29 is 4.57 Å². The van der Waals surface area contributed by atoms with Crippen molar-refractivity contribution in [2.45, 2.75) is 13.8 Å². The van der Waals surface area contributed by atoms with Gasteiger partial charge < -0.3 is 5.32 Å². The number of alkyl halides is 2. The molecular formula is C15H24BrCl2N4OPS. The minimum atomic E-state index is -3.14. The number of hydrogen-bond donors (Lipinski definition) is 2. The van der Waals surface area contributed by atoms with E-state index >= 15 is 0 Å². The molecule has 1 atom stereocenters. The van der Waals surface area contributed by atoms with Crippen LogP contribution in [-0.2, 0) is 4.57 Å². The second-order valence-electron chi connectivity index (χ2n) is 5.09. The molecule has 5 nitrogen and oxygen atoms in total. The van der Waals surface area contributed by atoms with Gasteiger partial charge in [-0.15, -0.1) is 23.2 Å². The van der Waals surface area contributed by atoms with Crippen LogP contribution in [0.5, 0.6) is 0 Å². The van der Waals surface area contributed by atoms with Gasteiger partial charge in [0.25, 0.3) is 0 Å². The number of anilines is 1. The van der Waals surface area contributed by atoms with Crippen molar-refractivity contribution in [1.29, 1.82) is 0 Å². The number of halogens is 3. The standard InChI is InChI=1S/C15H24BrCl2N4OPS/c1-3-21(4-2)24(23,22(11-9-17)12-10-18)20-15(25)19-14-7-5-13(16)6-8-14/h5-8H,3-4,9-12H2,1-2H3,(H2,19,20,23,25). The van der Waals surface area contributed by atoms with Crippen LogP contribution < -0.4 is 10.4 Å². The predicted octanol–water partition coefficient (Wildman–Crippen LogP) is 4.97. The lowest BCUT2D eigenvalue weighted by atomic mass is 10.3. The number of hydrogen-bond acceptors (Lipinski definition) is 2. The van der Waals surface area contributed by atoms with E-state index in [0.29, 0.717) is 43.1 Å². The fourth-order valence-corrected chi connectivity index (χ4v) is 6.18. The Morgan fingerprint density at radius 3 is 2.08 bits per heavy atom. The summed E-state index contributed by atoms with van der Waals surface area (Å²) in [5, 5.41) is 6.40. The van der Waals surface area contributed by atoms with Gasteiger partial charge >= 0.3 is 7.59 Å². The van der Waals surface area contributed by atoms with Gasteiger partial charge in [0.05, 0.1) is 0 Å². The molecule has 0 aliphatic rings. The van der Waals surface area contributed by atoms with Crippen molar-refractivity contribution in [3.8, 4) is 0 Å². The molecule has 0 saturated heterocycles. The van der Waals surface area contributed by atoms with Gasteiger partial charge in [-0.3, -0.25) is 9.65 Å². The first kappa shape index (κ1) is 23.2. The van der Waals surface area contributed by atoms with Crippen LogP contribution in [0.3, 0.4) is 0 Å². The molecule has 1 aromatic carbocycles. The summed E-state index contributed by atoms with van der Waals surface area (Å²) in [6, 6.07) is 7.58. The van der Waals surface area contributed by atoms with Crippen LogP contribution in [-0.4, -0.2) is 52.4 Å². The SMILES string of the molecule is CCN(CC)P(=O)(NC(=S)Nc1ccc(Br)cc1)N(CCCl)CCCl. The maximum absolute atomic E-state index is 13.8. The van der Waals surface area contributed by atoms with Gasteiger partial charge in [0.1, 0.15) is 0 Å². The van der Waals surface area contributed by atoms with Crippen molar-refractivity contribution in [2.75, 3.05) is 43.3 Å². The van der Waals surface area contributed by atoms with Crippen LogP contribution in [0, 0.1) is 0 Å². The molecular weight excluding hydrogens is 466 g/mol. The Morgan fingerprint density at radius 2 is 1.64 bits per heavy atom. The summed E-state index contributed by atoms with van der Waals surface area (Å²) in [5.41, 5.74) is 0.813. The summed E-state index contributed by atoms with van der Waals surface area (Å²) in [4.78, 5) is 0. The number of thiocarbonyl (C=S) groups is 1. The van der Waals surface area contributed by atoms with Gasteiger partial charge in [-0.1, -0.05) is 29.8 Å². The average Bonchev–Trinajstić information content (AvgIpc) is 2.57. The normalized spacial score (nSPS) is 13.7. The van der Waals surface area contributed by atoms with Crippen molar-refractivity contribution in [2.24, 2.45) is 0 Å². The van der Waals surface area contributed by atoms with Crippen molar-refractivity contribution in [3.63, 3.8) is 0 Å². The Hall–Kier alpha value is 0.120. The second-order valence-corrected chi connectivity index (χ2v) is 9.61. The highest BCUT2D eigenvalue weighted by Gasteiger charge is 2.36. The monoisotopic (exact) mass is 488 g/mol. The maximum atomic E-state index is 13.8. The molecule has 0 radical (unpaired) electrons. The molecule has 0 bridgehead atoms. The van der Waals surface area contributed by atoms with Gasteiger partial charge in [-0.2, -0.15) is 0 Å². The summed E-state index contributed by atoms with van der Waals surface area (Å²) in [6.07, 6.45) is 0. The molecule has 0 aliphatic heterocycles. The first-order valence-electron chi connectivity index (χ1n) is 7.98. The van der Waals surface area contributed by atoms with Crippen LogP contribution in [0.2, 0.25) is 0 Å². The molecule has 10 heteroatoms. The van der Waals surface area contributed by atoms with Crippen molar-refractivity contribution >= 4 is 69.7 Å². The van der Waals surface area contributed by atoms with E-state index in [1.165, 1.54) is 0 Å². The van der Waals surface area contributed by atoms with Crippen molar-refractivity contribution in [1.82, 2.24) is 14.4 Å². The molecule has 0 saturated carbocycles. The molecule has 142 valence electrons. The van der Waals surface area contributed by atoms with E-state index in [1.807, 2.05) is 42.8 Å². The highest BCUT2D eigenvalue weighted by atomic mass is 79.9. The molecule has 0 aromatic heterocycles. The molecule has 0 fully saturated rings. The van der Waals surface area contributed by atoms with E-state index in [9.17, 15) is 4.57 Å². The Morgan fingerprint density at radius 1 is 1.12 bits per heavy atom. The molecule has 1 unspecified atom stereocenters. The fourth-order valence-electron chi connectivity index (χ4n) is 2.33. The third kappa shape index (κ3) is 6.98. The summed E-state index contributed by atoms with van der Waals surface area (Å²) in [5.74, 6) is 0.716. The quantitative estimate of drug-likeness (QED) is 0.275. The van der Waals surface area contributed by atoms with Crippen LogP contribution in [0.25, 0.3) is 0 Å². The van der Waals surface area contributed by atoms with Gasteiger partial charge in [0.2, 0.25) is 0 Å². The molecule has 0 aliphatic carbocycles. The molecule has 0 amide bonds. The summed E-state index contributed by atoms with van der Waals surface area (Å²) in [7, 11) is -3.14. The Labute approximate surface area is 174 Å².